The van der Waals surface area contributed by atoms with Crippen molar-refractivity contribution in [1.82, 2.24) is 14.5 Å². The van der Waals surface area contributed by atoms with Gasteiger partial charge in [-0.25, -0.2) is 0 Å². The third-order valence-electron chi connectivity index (χ3n) is 7.10. The standard InChI is InChI=1S/C9H13NO.C9H16.C8H11NO.C8H15N.4C2H6.C2H4.CH4/c1-7(2)8-4-5-9(11)10(3)6-8;1-8(2)9-6-4-3-5-7-9;1-7(2)9-5-3-8(10)4-6-9;1-7(2)8-3-5-9-6-4-8;5*1-2;/h4-7H,1-3H3;6,8H,3-5,7H2,1-2H3;3-7H,1-2H3;3,7,9H,4-6H2,1-2H3;4*1-2H3;1-2H2;1H4. The highest BCUT2D eigenvalue weighted by Crippen LogP contribution is 2.23. The van der Waals surface area contributed by atoms with E-state index in [0.717, 1.165) is 18.4 Å². The third-order valence-corrected chi connectivity index (χ3v) is 7.10. The molecule has 294 valence electrons. The van der Waals surface area contributed by atoms with Crippen molar-refractivity contribution in [1.29, 1.82) is 0 Å². The molecule has 2 aromatic heterocycles. The van der Waals surface area contributed by atoms with Crippen molar-refractivity contribution < 1.29 is 0 Å². The predicted octanol–water partition coefficient (Wildman–Crippen LogP) is 13.2. The average molecular weight is 702 g/mol. The summed E-state index contributed by atoms with van der Waals surface area (Å²) in [7, 11) is 1.77. The summed E-state index contributed by atoms with van der Waals surface area (Å²) in [6, 6.07) is 7.06. The third kappa shape index (κ3) is 32.3. The van der Waals surface area contributed by atoms with Gasteiger partial charge in [-0.15, -0.1) is 13.2 Å². The molecular weight excluding hydrogens is 615 g/mol. The number of nitrogens with zero attached hydrogens (tertiary/aromatic N) is 2. The van der Waals surface area contributed by atoms with Crippen molar-refractivity contribution in [2.24, 2.45) is 18.9 Å². The van der Waals surface area contributed by atoms with Gasteiger partial charge in [0, 0.05) is 56.4 Å². The summed E-state index contributed by atoms with van der Waals surface area (Å²) in [5.41, 5.74) is 4.62. The van der Waals surface area contributed by atoms with E-state index in [2.05, 4.69) is 86.0 Å². The van der Waals surface area contributed by atoms with Gasteiger partial charge in [0.15, 0.2) is 5.43 Å². The summed E-state index contributed by atoms with van der Waals surface area (Å²) in [6.45, 7) is 41.7. The van der Waals surface area contributed by atoms with Crippen LogP contribution >= 0.6 is 0 Å². The number of pyridine rings is 2. The summed E-state index contributed by atoms with van der Waals surface area (Å²) in [5, 5.41) is 3.29. The van der Waals surface area contributed by atoms with E-state index in [1.54, 1.807) is 53.4 Å². The molecule has 1 N–H and O–H groups in total. The molecule has 0 saturated heterocycles. The van der Waals surface area contributed by atoms with Crippen molar-refractivity contribution in [3.63, 3.8) is 0 Å². The molecule has 4 rings (SSSR count). The Hall–Kier alpha value is -2.92. The highest BCUT2D eigenvalue weighted by atomic mass is 16.1. The first-order valence-corrected chi connectivity index (χ1v) is 19.3. The van der Waals surface area contributed by atoms with Crippen LogP contribution in [0, 0.1) is 11.8 Å². The van der Waals surface area contributed by atoms with Crippen molar-refractivity contribution in [2.75, 3.05) is 13.1 Å². The van der Waals surface area contributed by atoms with Gasteiger partial charge < -0.3 is 14.5 Å². The van der Waals surface area contributed by atoms with Gasteiger partial charge >= 0.3 is 0 Å². The Morgan fingerprint density at radius 2 is 1.14 bits per heavy atom. The monoisotopic (exact) mass is 702 g/mol. The minimum atomic E-state index is 0. The van der Waals surface area contributed by atoms with Crippen molar-refractivity contribution in [3.05, 3.63) is 105 Å². The summed E-state index contributed by atoms with van der Waals surface area (Å²) < 4.78 is 3.59. The summed E-state index contributed by atoms with van der Waals surface area (Å²) in [6.07, 6.45) is 17.0. The SMILES string of the molecule is C.C=C.CC.CC.CC.CC.CC(C)C1=CCCCC1.CC(C)C1=CCNCC1.CC(C)c1ccc(=O)n(C)c1.CC(C)n1ccc(=O)cc1. The fourth-order valence-electron chi connectivity index (χ4n) is 4.28. The first-order chi connectivity index (χ1) is 23.4. The van der Waals surface area contributed by atoms with Gasteiger partial charge in [0.2, 0.25) is 5.56 Å². The Bertz CT molecular complexity index is 1100. The number of hydrogen-bond donors (Lipinski definition) is 1. The number of aryl methyl sites for hydroxylation is 1. The number of aromatic nitrogens is 2. The van der Waals surface area contributed by atoms with Gasteiger partial charge in [-0.2, -0.15) is 0 Å². The second-order valence-electron chi connectivity index (χ2n) is 11.7. The number of nitrogens with one attached hydrogen (secondary N) is 1. The van der Waals surface area contributed by atoms with Gasteiger partial charge in [-0.05, 0) is 75.8 Å². The molecule has 2 aromatic rings. The molecule has 50 heavy (non-hydrogen) atoms. The Balaban J connectivity index is -0.000000118. The van der Waals surface area contributed by atoms with E-state index >= 15 is 0 Å². The van der Waals surface area contributed by atoms with Crippen LogP contribution in [0.2, 0.25) is 0 Å². The van der Waals surface area contributed by atoms with Gasteiger partial charge in [0.25, 0.3) is 0 Å². The van der Waals surface area contributed by atoms with Crippen molar-refractivity contribution >= 4 is 0 Å². The van der Waals surface area contributed by atoms with Gasteiger partial charge in [-0.3, -0.25) is 9.59 Å². The predicted molar refractivity (Wildman–Crippen MR) is 232 cm³/mol. The van der Waals surface area contributed by atoms with Crippen LogP contribution in [0.1, 0.15) is 168 Å². The van der Waals surface area contributed by atoms with Crippen LogP contribution in [0.5, 0.6) is 0 Å². The average Bonchev–Trinajstić information content (AvgIpc) is 3.15. The maximum Gasteiger partial charge on any atom is 0.250 e. The van der Waals surface area contributed by atoms with Crippen LogP contribution in [0.3, 0.4) is 0 Å². The highest BCUT2D eigenvalue weighted by Gasteiger charge is 2.06. The molecule has 0 amide bonds. The number of hydrogen-bond acceptors (Lipinski definition) is 3. The van der Waals surface area contributed by atoms with Crippen LogP contribution < -0.4 is 16.3 Å². The second-order valence-corrected chi connectivity index (χ2v) is 11.7. The van der Waals surface area contributed by atoms with Crippen LogP contribution in [0.4, 0.5) is 0 Å². The summed E-state index contributed by atoms with van der Waals surface area (Å²) in [4.78, 5) is 21.6. The molecule has 3 heterocycles. The molecule has 1 aliphatic carbocycles. The highest BCUT2D eigenvalue weighted by molar-refractivity contribution is 5.13. The molecule has 5 nitrogen and oxygen atoms in total. The van der Waals surface area contributed by atoms with E-state index in [0.29, 0.717) is 12.0 Å². The van der Waals surface area contributed by atoms with E-state index in [1.165, 1.54) is 44.2 Å². The van der Waals surface area contributed by atoms with Gasteiger partial charge in [0.1, 0.15) is 0 Å². The molecule has 0 atom stereocenters. The lowest BCUT2D eigenvalue weighted by Gasteiger charge is -2.16. The fourth-order valence-corrected chi connectivity index (χ4v) is 4.28. The second kappa shape index (κ2) is 42.2. The quantitative estimate of drug-likeness (QED) is 0.323. The van der Waals surface area contributed by atoms with Crippen molar-refractivity contribution in [3.8, 4) is 0 Å². The molecule has 2 aliphatic rings. The summed E-state index contributed by atoms with van der Waals surface area (Å²) in [5.74, 6) is 2.04. The molecule has 0 unspecified atom stereocenters. The molecule has 0 saturated carbocycles. The molecule has 0 radical (unpaired) electrons. The lowest BCUT2D eigenvalue weighted by atomic mass is 9.92. The van der Waals surface area contributed by atoms with E-state index in [4.69, 9.17) is 0 Å². The van der Waals surface area contributed by atoms with E-state index in [9.17, 15) is 9.59 Å². The molecular formula is C45H87N3O2. The van der Waals surface area contributed by atoms with Crippen LogP contribution in [-0.2, 0) is 7.05 Å². The Labute approximate surface area is 313 Å². The lowest BCUT2D eigenvalue weighted by molar-refractivity contribution is 0.595. The molecule has 0 aromatic carbocycles. The normalized spacial score (nSPS) is 12.2. The molecule has 5 heteroatoms. The van der Waals surface area contributed by atoms with E-state index < -0.39 is 0 Å². The lowest BCUT2D eigenvalue weighted by Crippen LogP contribution is -2.21. The van der Waals surface area contributed by atoms with Crippen LogP contribution in [-0.4, -0.2) is 22.2 Å². The largest absolute Gasteiger partial charge is 0.352 e. The zero-order valence-corrected chi connectivity index (χ0v) is 35.6. The first-order valence-electron chi connectivity index (χ1n) is 19.3. The molecule has 0 spiro atoms. The smallest absolute Gasteiger partial charge is 0.250 e. The Morgan fingerprint density at radius 3 is 1.44 bits per heavy atom. The van der Waals surface area contributed by atoms with Crippen molar-refractivity contribution in [2.45, 2.75) is 162 Å². The minimum absolute atomic E-state index is 0. The summed E-state index contributed by atoms with van der Waals surface area (Å²) >= 11 is 0. The number of allylic oxidation sites excluding steroid dienone is 2. The molecule has 0 fully saturated rings. The van der Waals surface area contributed by atoms with Gasteiger partial charge in [-0.1, -0.05) is 134 Å². The Kier molecular flexibility index (Phi) is 50.1. The number of rotatable bonds is 4. The molecule has 1 aliphatic heterocycles. The topological polar surface area (TPSA) is 56.0 Å². The molecule has 0 bridgehead atoms. The Morgan fingerprint density at radius 1 is 0.660 bits per heavy atom. The maximum absolute atomic E-state index is 11.0. The van der Waals surface area contributed by atoms with Crippen LogP contribution in [0.15, 0.2) is 88.9 Å². The van der Waals surface area contributed by atoms with E-state index in [1.807, 2.05) is 72.2 Å². The zero-order valence-electron chi connectivity index (χ0n) is 35.6. The fraction of sp³-hybridized carbons (Fsp3) is 0.644. The maximum atomic E-state index is 11.0. The first kappa shape index (κ1) is 59.2. The van der Waals surface area contributed by atoms with E-state index in [-0.39, 0.29) is 18.4 Å². The van der Waals surface area contributed by atoms with Gasteiger partial charge in [0.05, 0.1) is 0 Å². The zero-order chi connectivity index (χ0) is 39.4. The van der Waals surface area contributed by atoms with Crippen LogP contribution in [0.25, 0.3) is 0 Å². The minimum Gasteiger partial charge on any atom is -0.352 e.